The minimum atomic E-state index is 0.0865. The lowest BCUT2D eigenvalue weighted by atomic mass is 10.0. The number of likely N-dealkylation sites (N-methyl/N-ethyl adjacent to an activating group) is 1. The van der Waals surface area contributed by atoms with Crippen molar-refractivity contribution >= 4 is 11.3 Å². The molecular weight excluding hydrogens is 220 g/mol. The second-order valence-corrected chi connectivity index (χ2v) is 5.55. The van der Waals surface area contributed by atoms with Crippen molar-refractivity contribution in [2.24, 2.45) is 0 Å². The molecule has 0 radical (unpaired) electrons. The third kappa shape index (κ3) is 3.28. The van der Waals surface area contributed by atoms with Crippen LogP contribution < -0.4 is 5.32 Å². The van der Waals surface area contributed by atoms with E-state index in [0.29, 0.717) is 0 Å². The molecule has 0 aromatic carbocycles. The van der Waals surface area contributed by atoms with Gasteiger partial charge in [0.05, 0.1) is 12.2 Å². The van der Waals surface area contributed by atoms with Crippen molar-refractivity contribution in [2.75, 3.05) is 33.3 Å². The summed E-state index contributed by atoms with van der Waals surface area (Å²) < 4.78 is 5.85. The first-order valence-electron chi connectivity index (χ1n) is 5.72. The Balaban J connectivity index is 1.62. The van der Waals surface area contributed by atoms with Gasteiger partial charge in [0, 0.05) is 26.2 Å². The third-order valence-corrected chi connectivity index (χ3v) is 3.69. The summed E-state index contributed by atoms with van der Waals surface area (Å²) in [5, 5.41) is 7.57. The average Bonchev–Trinajstić information content (AvgIpc) is 2.68. The van der Waals surface area contributed by atoms with E-state index < -0.39 is 0 Å². The molecule has 1 fully saturated rings. The van der Waals surface area contributed by atoms with Crippen LogP contribution in [-0.2, 0) is 11.3 Å². The van der Waals surface area contributed by atoms with E-state index in [1.807, 2.05) is 0 Å². The Labute approximate surface area is 101 Å². The summed E-state index contributed by atoms with van der Waals surface area (Å²) in [6.07, 6.45) is 0. The molecule has 0 spiro atoms. The molecule has 0 amide bonds. The monoisotopic (exact) mass is 240 g/mol. The molecule has 1 N–H and O–H groups in total. The summed E-state index contributed by atoms with van der Waals surface area (Å²) in [5.41, 5.74) is 1.48. The van der Waals surface area contributed by atoms with Gasteiger partial charge in [-0.15, -0.1) is 0 Å². The third-order valence-electron chi connectivity index (χ3n) is 2.95. The number of rotatable bonds is 6. The van der Waals surface area contributed by atoms with Crippen LogP contribution in [0.4, 0.5) is 0 Å². The number of thiophene rings is 1. The molecule has 16 heavy (non-hydrogen) atoms. The molecule has 90 valence electrons. The summed E-state index contributed by atoms with van der Waals surface area (Å²) in [7, 11) is 2.14. The van der Waals surface area contributed by atoms with Crippen LogP contribution in [0.1, 0.15) is 12.5 Å². The summed E-state index contributed by atoms with van der Waals surface area (Å²) in [4.78, 5) is 2.30. The zero-order chi connectivity index (χ0) is 11.4. The Bertz CT molecular complexity index is 309. The van der Waals surface area contributed by atoms with E-state index >= 15 is 0 Å². The predicted octanol–water partition coefficient (Wildman–Crippen LogP) is 1.56. The maximum atomic E-state index is 5.85. The van der Waals surface area contributed by atoms with Gasteiger partial charge >= 0.3 is 0 Å². The van der Waals surface area contributed by atoms with E-state index in [1.165, 1.54) is 5.56 Å². The molecule has 1 aliphatic rings. The molecular formula is C12H20N2OS. The van der Waals surface area contributed by atoms with Gasteiger partial charge in [-0.25, -0.2) is 0 Å². The van der Waals surface area contributed by atoms with E-state index in [0.717, 1.165) is 32.8 Å². The zero-order valence-corrected chi connectivity index (χ0v) is 10.8. The highest BCUT2D eigenvalue weighted by Crippen LogP contribution is 2.15. The molecule has 2 rings (SSSR count). The molecule has 1 saturated heterocycles. The fraction of sp³-hybridized carbons (Fsp3) is 0.667. The second-order valence-electron chi connectivity index (χ2n) is 4.77. The standard InChI is InChI=1S/C12H20N2OS/c1-12(9-13-10-12)15-5-4-14(2)7-11-3-6-16-8-11/h3,6,8,13H,4-5,7,9-10H2,1-2H3. The van der Waals surface area contributed by atoms with Crippen LogP contribution in [0.25, 0.3) is 0 Å². The highest BCUT2D eigenvalue weighted by atomic mass is 32.1. The van der Waals surface area contributed by atoms with Crippen molar-refractivity contribution in [1.82, 2.24) is 10.2 Å². The van der Waals surface area contributed by atoms with Crippen LogP contribution in [0.2, 0.25) is 0 Å². The van der Waals surface area contributed by atoms with Crippen LogP contribution in [0.5, 0.6) is 0 Å². The zero-order valence-electron chi connectivity index (χ0n) is 10.0. The molecule has 3 nitrogen and oxygen atoms in total. The van der Waals surface area contributed by atoms with Gasteiger partial charge < -0.3 is 10.1 Å². The first-order valence-corrected chi connectivity index (χ1v) is 6.67. The minimum absolute atomic E-state index is 0.0865. The summed E-state index contributed by atoms with van der Waals surface area (Å²) in [5.74, 6) is 0. The number of nitrogens with one attached hydrogen (secondary N) is 1. The van der Waals surface area contributed by atoms with Crippen molar-refractivity contribution in [1.29, 1.82) is 0 Å². The van der Waals surface area contributed by atoms with Crippen molar-refractivity contribution < 1.29 is 4.74 Å². The summed E-state index contributed by atoms with van der Waals surface area (Å²) in [6.45, 7) is 6.97. The maximum Gasteiger partial charge on any atom is 0.0902 e. The van der Waals surface area contributed by atoms with E-state index in [1.54, 1.807) is 11.3 Å². The first kappa shape index (κ1) is 12.0. The molecule has 0 unspecified atom stereocenters. The fourth-order valence-electron chi connectivity index (χ4n) is 1.80. The van der Waals surface area contributed by atoms with Gasteiger partial charge in [-0.3, -0.25) is 4.90 Å². The minimum Gasteiger partial charge on any atom is -0.371 e. The number of nitrogens with zero attached hydrogens (tertiary/aromatic N) is 1. The Hall–Kier alpha value is -0.420. The topological polar surface area (TPSA) is 24.5 Å². The fourth-order valence-corrected chi connectivity index (χ4v) is 2.46. The van der Waals surface area contributed by atoms with Crippen LogP contribution in [0.3, 0.4) is 0 Å². The van der Waals surface area contributed by atoms with Gasteiger partial charge in [-0.05, 0) is 36.4 Å². The van der Waals surface area contributed by atoms with Crippen LogP contribution >= 0.6 is 11.3 Å². The Kier molecular flexibility index (Phi) is 3.97. The van der Waals surface area contributed by atoms with Crippen molar-refractivity contribution in [3.05, 3.63) is 22.4 Å². The average molecular weight is 240 g/mol. The van der Waals surface area contributed by atoms with E-state index in [-0.39, 0.29) is 5.60 Å². The van der Waals surface area contributed by atoms with Crippen LogP contribution in [0, 0.1) is 0 Å². The molecule has 1 aliphatic heterocycles. The highest BCUT2D eigenvalue weighted by molar-refractivity contribution is 7.07. The SMILES string of the molecule is CN(CCOC1(C)CNC1)Cc1ccsc1. The van der Waals surface area contributed by atoms with Gasteiger partial charge in [0.25, 0.3) is 0 Å². The molecule has 1 aromatic heterocycles. The maximum absolute atomic E-state index is 5.85. The van der Waals surface area contributed by atoms with E-state index in [4.69, 9.17) is 4.74 Å². The summed E-state index contributed by atoms with van der Waals surface area (Å²) in [6, 6.07) is 2.18. The molecule has 0 bridgehead atoms. The number of ether oxygens (including phenoxy) is 1. The second kappa shape index (κ2) is 5.27. The largest absolute Gasteiger partial charge is 0.371 e. The molecule has 4 heteroatoms. The predicted molar refractivity (Wildman–Crippen MR) is 67.9 cm³/mol. The van der Waals surface area contributed by atoms with Gasteiger partial charge in [0.1, 0.15) is 0 Å². The van der Waals surface area contributed by atoms with Crippen molar-refractivity contribution in [3.63, 3.8) is 0 Å². The first-order chi connectivity index (χ1) is 7.68. The van der Waals surface area contributed by atoms with Crippen molar-refractivity contribution in [3.8, 4) is 0 Å². The molecule has 0 atom stereocenters. The molecule has 0 saturated carbocycles. The lowest BCUT2D eigenvalue weighted by Gasteiger charge is -2.39. The van der Waals surface area contributed by atoms with Gasteiger partial charge in [0.2, 0.25) is 0 Å². The number of hydrogen-bond acceptors (Lipinski definition) is 4. The lowest BCUT2D eigenvalue weighted by Crippen LogP contribution is -2.59. The van der Waals surface area contributed by atoms with Crippen LogP contribution in [-0.4, -0.2) is 43.8 Å². The normalized spacial score (nSPS) is 18.7. The van der Waals surface area contributed by atoms with Gasteiger partial charge in [0.15, 0.2) is 0 Å². The highest BCUT2D eigenvalue weighted by Gasteiger charge is 2.32. The quantitative estimate of drug-likeness (QED) is 0.816. The summed E-state index contributed by atoms with van der Waals surface area (Å²) >= 11 is 1.76. The van der Waals surface area contributed by atoms with E-state index in [9.17, 15) is 0 Å². The van der Waals surface area contributed by atoms with Gasteiger partial charge in [-0.1, -0.05) is 0 Å². The molecule has 2 heterocycles. The molecule has 0 aliphatic carbocycles. The Morgan fingerprint density at radius 3 is 2.94 bits per heavy atom. The molecule has 1 aromatic rings. The van der Waals surface area contributed by atoms with Gasteiger partial charge in [-0.2, -0.15) is 11.3 Å². The van der Waals surface area contributed by atoms with E-state index in [2.05, 4.69) is 41.0 Å². The Morgan fingerprint density at radius 2 is 2.38 bits per heavy atom. The lowest BCUT2D eigenvalue weighted by molar-refractivity contribution is -0.0712. The Morgan fingerprint density at radius 1 is 1.56 bits per heavy atom. The van der Waals surface area contributed by atoms with Crippen LogP contribution in [0.15, 0.2) is 16.8 Å². The number of hydrogen-bond donors (Lipinski definition) is 1. The van der Waals surface area contributed by atoms with Crippen molar-refractivity contribution in [2.45, 2.75) is 19.1 Å². The smallest absolute Gasteiger partial charge is 0.0902 e.